The molecule has 1 aliphatic heterocycles. The van der Waals surface area contributed by atoms with Crippen molar-refractivity contribution in [1.29, 1.82) is 0 Å². The quantitative estimate of drug-likeness (QED) is 0.341. The van der Waals surface area contributed by atoms with Gasteiger partial charge in [0.2, 0.25) is 16.9 Å². The van der Waals surface area contributed by atoms with Gasteiger partial charge < -0.3 is 20.7 Å². The highest BCUT2D eigenvalue weighted by Crippen LogP contribution is 2.26. The molecule has 1 aliphatic rings. The third-order valence-corrected chi connectivity index (χ3v) is 6.33. The first-order valence-corrected chi connectivity index (χ1v) is 12.2. The SMILES string of the molecule is CC(C)C[C@H](NC(=O)OCC(C)(C)c1cccc(Cl)c1)C(=O)N[C@@H](C[C@@H]1CCNC1=O)C(=O)S. The molecule has 0 saturated carbocycles. The van der Waals surface area contributed by atoms with Gasteiger partial charge in [-0.15, -0.1) is 12.6 Å². The molecule has 0 bridgehead atoms. The smallest absolute Gasteiger partial charge is 0.407 e. The molecule has 34 heavy (non-hydrogen) atoms. The van der Waals surface area contributed by atoms with Crippen molar-refractivity contribution in [2.24, 2.45) is 11.8 Å². The van der Waals surface area contributed by atoms with Gasteiger partial charge in [-0.05, 0) is 42.9 Å². The molecule has 8 nitrogen and oxygen atoms in total. The summed E-state index contributed by atoms with van der Waals surface area (Å²) in [5.74, 6) is -0.941. The van der Waals surface area contributed by atoms with Crippen molar-refractivity contribution >= 4 is 47.3 Å². The summed E-state index contributed by atoms with van der Waals surface area (Å²) in [6, 6.07) is 5.48. The lowest BCUT2D eigenvalue weighted by Gasteiger charge is -2.27. The molecule has 0 unspecified atom stereocenters. The second-order valence-corrected chi connectivity index (χ2v) is 10.6. The van der Waals surface area contributed by atoms with E-state index in [1.165, 1.54) is 0 Å². The normalized spacial score (nSPS) is 17.6. The van der Waals surface area contributed by atoms with Crippen molar-refractivity contribution in [1.82, 2.24) is 16.0 Å². The van der Waals surface area contributed by atoms with Crippen molar-refractivity contribution in [2.45, 2.75) is 64.5 Å². The zero-order valence-electron chi connectivity index (χ0n) is 20.0. The number of alkyl carbamates (subject to hydrolysis) is 1. The Hall–Kier alpha value is -2.26. The van der Waals surface area contributed by atoms with E-state index >= 15 is 0 Å². The van der Waals surface area contributed by atoms with Crippen LogP contribution in [0.15, 0.2) is 24.3 Å². The number of halogens is 1. The standard InChI is InChI=1S/C24H34ClN3O5S/c1-14(2)10-18(21(30)27-19(22(31)34)11-15-8-9-26-20(15)29)28-23(32)33-13-24(3,4)16-6-5-7-17(25)12-16/h5-7,12,14-15,18-19H,8-11,13H2,1-4H3,(H,26,29)(H,27,30)(H,28,32)(H,31,34)/t15-,18-,19-/m0/s1. The summed E-state index contributed by atoms with van der Waals surface area (Å²) in [7, 11) is 0. The molecule has 1 fully saturated rings. The Morgan fingerprint density at radius 1 is 1.24 bits per heavy atom. The maximum absolute atomic E-state index is 13.0. The van der Waals surface area contributed by atoms with Gasteiger partial charge in [0, 0.05) is 22.9 Å². The van der Waals surface area contributed by atoms with E-state index in [-0.39, 0.29) is 30.8 Å². The second kappa shape index (κ2) is 12.4. The first-order valence-electron chi connectivity index (χ1n) is 11.4. The van der Waals surface area contributed by atoms with E-state index in [2.05, 4.69) is 28.6 Å². The summed E-state index contributed by atoms with van der Waals surface area (Å²) in [5.41, 5.74) is 0.416. The Balaban J connectivity index is 2.00. The molecule has 10 heteroatoms. The molecule has 0 radical (unpaired) electrons. The number of ether oxygens (including phenoxy) is 1. The number of amides is 3. The fourth-order valence-electron chi connectivity index (χ4n) is 3.77. The van der Waals surface area contributed by atoms with Crippen LogP contribution in [0.4, 0.5) is 4.79 Å². The van der Waals surface area contributed by atoms with E-state index in [0.717, 1.165) is 5.56 Å². The fourth-order valence-corrected chi connectivity index (χ4v) is 4.13. The van der Waals surface area contributed by atoms with Crippen LogP contribution in [0.3, 0.4) is 0 Å². The number of nitrogens with one attached hydrogen (secondary N) is 3. The highest BCUT2D eigenvalue weighted by Gasteiger charge is 2.32. The zero-order valence-corrected chi connectivity index (χ0v) is 21.7. The van der Waals surface area contributed by atoms with Crippen LogP contribution in [0.1, 0.15) is 52.5 Å². The lowest BCUT2D eigenvalue weighted by atomic mass is 9.86. The van der Waals surface area contributed by atoms with Crippen LogP contribution in [0.25, 0.3) is 0 Å². The first kappa shape index (κ1) is 28.0. The molecular weight excluding hydrogens is 478 g/mol. The van der Waals surface area contributed by atoms with Crippen molar-refractivity contribution in [3.8, 4) is 0 Å². The average molecular weight is 512 g/mol. The maximum atomic E-state index is 13.0. The monoisotopic (exact) mass is 511 g/mol. The first-order chi connectivity index (χ1) is 15.9. The molecule has 0 spiro atoms. The third kappa shape index (κ3) is 8.51. The molecule has 0 aromatic heterocycles. The van der Waals surface area contributed by atoms with E-state index in [9.17, 15) is 19.2 Å². The second-order valence-electron chi connectivity index (χ2n) is 9.71. The van der Waals surface area contributed by atoms with Crippen LogP contribution >= 0.6 is 24.2 Å². The molecular formula is C24H34ClN3O5S. The molecule has 1 aromatic rings. The van der Waals surface area contributed by atoms with Crippen molar-refractivity contribution < 1.29 is 23.9 Å². The van der Waals surface area contributed by atoms with Crippen molar-refractivity contribution in [3.05, 3.63) is 34.9 Å². The van der Waals surface area contributed by atoms with Gasteiger partial charge in [0.15, 0.2) is 0 Å². The molecule has 3 atom stereocenters. The molecule has 1 saturated heterocycles. The average Bonchev–Trinajstić information content (AvgIpc) is 3.15. The Morgan fingerprint density at radius 2 is 1.94 bits per heavy atom. The molecule has 3 amide bonds. The van der Waals surface area contributed by atoms with Gasteiger partial charge in [0.1, 0.15) is 12.6 Å². The highest BCUT2D eigenvalue weighted by atomic mass is 35.5. The van der Waals surface area contributed by atoms with Crippen molar-refractivity contribution in [2.75, 3.05) is 13.2 Å². The van der Waals surface area contributed by atoms with Gasteiger partial charge in [0.05, 0.1) is 6.04 Å². The fraction of sp³-hybridized carbons (Fsp3) is 0.583. The van der Waals surface area contributed by atoms with Crippen LogP contribution in [0.2, 0.25) is 5.02 Å². The summed E-state index contributed by atoms with van der Waals surface area (Å²) in [6.07, 6.45) is 0.358. The maximum Gasteiger partial charge on any atom is 0.407 e. The zero-order chi connectivity index (χ0) is 25.5. The number of carbonyl (C=O) groups excluding carboxylic acids is 4. The van der Waals surface area contributed by atoms with Crippen LogP contribution in [-0.2, 0) is 24.5 Å². The third-order valence-electron chi connectivity index (χ3n) is 5.78. The number of hydrogen-bond acceptors (Lipinski definition) is 5. The predicted molar refractivity (Wildman–Crippen MR) is 134 cm³/mol. The Bertz CT molecular complexity index is 908. The van der Waals surface area contributed by atoms with E-state index in [1.807, 2.05) is 45.9 Å². The summed E-state index contributed by atoms with van der Waals surface area (Å²) in [4.78, 5) is 49.4. The minimum Gasteiger partial charge on any atom is -0.449 e. The minimum atomic E-state index is -0.932. The summed E-state index contributed by atoms with van der Waals surface area (Å²) < 4.78 is 5.43. The van der Waals surface area contributed by atoms with E-state index < -0.39 is 34.6 Å². The number of benzene rings is 1. The Morgan fingerprint density at radius 3 is 2.50 bits per heavy atom. The van der Waals surface area contributed by atoms with Crippen LogP contribution < -0.4 is 16.0 Å². The van der Waals surface area contributed by atoms with Gasteiger partial charge in [-0.1, -0.05) is 51.4 Å². The van der Waals surface area contributed by atoms with E-state index in [0.29, 0.717) is 24.4 Å². The summed E-state index contributed by atoms with van der Waals surface area (Å²) in [5, 5.41) is 8.03. The summed E-state index contributed by atoms with van der Waals surface area (Å²) >= 11 is 9.95. The van der Waals surface area contributed by atoms with Gasteiger partial charge in [-0.3, -0.25) is 14.4 Å². The molecule has 1 heterocycles. The van der Waals surface area contributed by atoms with Gasteiger partial charge in [-0.2, -0.15) is 0 Å². The largest absolute Gasteiger partial charge is 0.449 e. The number of rotatable bonds is 11. The molecule has 3 N–H and O–H groups in total. The van der Waals surface area contributed by atoms with Crippen molar-refractivity contribution in [3.63, 3.8) is 0 Å². The van der Waals surface area contributed by atoms with Gasteiger partial charge >= 0.3 is 6.09 Å². The van der Waals surface area contributed by atoms with Crippen LogP contribution in [0, 0.1) is 11.8 Å². The number of thiol groups is 1. The molecule has 188 valence electrons. The van der Waals surface area contributed by atoms with Crippen LogP contribution in [-0.4, -0.2) is 48.3 Å². The topological polar surface area (TPSA) is 114 Å². The molecule has 2 rings (SSSR count). The highest BCUT2D eigenvalue weighted by molar-refractivity contribution is 7.96. The van der Waals surface area contributed by atoms with E-state index in [4.69, 9.17) is 16.3 Å². The van der Waals surface area contributed by atoms with Crippen LogP contribution in [0.5, 0.6) is 0 Å². The number of hydrogen-bond donors (Lipinski definition) is 4. The summed E-state index contributed by atoms with van der Waals surface area (Å²) in [6.45, 7) is 8.29. The Kier molecular flexibility index (Phi) is 10.2. The Labute approximate surface area is 211 Å². The van der Waals surface area contributed by atoms with E-state index in [1.54, 1.807) is 6.07 Å². The lowest BCUT2D eigenvalue weighted by Crippen LogP contribution is -2.52. The molecule has 0 aliphatic carbocycles. The minimum absolute atomic E-state index is 0.0732. The predicted octanol–water partition coefficient (Wildman–Crippen LogP) is 3.23. The molecule has 1 aromatic carbocycles. The van der Waals surface area contributed by atoms with Gasteiger partial charge in [0.25, 0.3) is 0 Å². The number of carbonyl (C=O) groups is 4. The lowest BCUT2D eigenvalue weighted by molar-refractivity contribution is -0.128. The van der Waals surface area contributed by atoms with Gasteiger partial charge in [-0.25, -0.2) is 4.79 Å².